The lowest BCUT2D eigenvalue weighted by Crippen LogP contribution is -2.49. The van der Waals surface area contributed by atoms with Crippen molar-refractivity contribution in [3.8, 4) is 0 Å². The molecule has 2 heterocycles. The van der Waals surface area contributed by atoms with E-state index in [0.29, 0.717) is 6.54 Å². The van der Waals surface area contributed by atoms with Gasteiger partial charge in [0.1, 0.15) is 0 Å². The van der Waals surface area contributed by atoms with Crippen LogP contribution in [0.25, 0.3) is 0 Å². The fourth-order valence-corrected chi connectivity index (χ4v) is 4.47. The number of carbonyl (C=O) groups is 1. The summed E-state index contributed by atoms with van der Waals surface area (Å²) in [6, 6.07) is 19.2. The number of piperidine rings is 1. The van der Waals surface area contributed by atoms with E-state index in [1.807, 2.05) is 0 Å². The fraction of sp³-hybridized carbons (Fsp3) is 0.435. The summed E-state index contributed by atoms with van der Waals surface area (Å²) in [5, 5.41) is 3.18. The van der Waals surface area contributed by atoms with Crippen LogP contribution in [0.5, 0.6) is 0 Å². The van der Waals surface area contributed by atoms with E-state index >= 15 is 0 Å². The van der Waals surface area contributed by atoms with Gasteiger partial charge in [0.15, 0.2) is 0 Å². The molecule has 1 amide bonds. The van der Waals surface area contributed by atoms with Gasteiger partial charge in [-0.15, -0.1) is 0 Å². The van der Waals surface area contributed by atoms with E-state index < -0.39 is 0 Å². The minimum Gasteiger partial charge on any atom is -0.352 e. The number of hydrogen-bond donors (Lipinski definition) is 1. The van der Waals surface area contributed by atoms with Crippen molar-refractivity contribution in [1.82, 2.24) is 10.2 Å². The van der Waals surface area contributed by atoms with Crippen molar-refractivity contribution in [3.63, 3.8) is 0 Å². The molecule has 0 unspecified atom stereocenters. The zero-order valence-corrected chi connectivity index (χ0v) is 15.4. The largest absolute Gasteiger partial charge is 0.352 e. The van der Waals surface area contributed by atoms with Crippen molar-refractivity contribution >= 4 is 5.91 Å². The number of carbonyl (C=O) groups excluding carboxylic acids is 1. The summed E-state index contributed by atoms with van der Waals surface area (Å²) in [5.41, 5.74) is 3.84. The van der Waals surface area contributed by atoms with E-state index in [1.54, 1.807) is 0 Å². The molecule has 0 atom stereocenters. The smallest absolute Gasteiger partial charge is 0.226 e. The fourth-order valence-electron chi connectivity index (χ4n) is 4.47. The lowest BCUT2D eigenvalue weighted by atomic mass is 9.73. The number of hydrogen-bond acceptors (Lipinski definition) is 2. The van der Waals surface area contributed by atoms with Gasteiger partial charge in [-0.05, 0) is 68.4 Å². The Morgan fingerprint density at radius 3 is 2.38 bits per heavy atom. The Hall–Kier alpha value is -2.13. The summed E-state index contributed by atoms with van der Waals surface area (Å²) in [6.07, 6.45) is 5.16. The topological polar surface area (TPSA) is 32.3 Å². The van der Waals surface area contributed by atoms with E-state index in [4.69, 9.17) is 0 Å². The number of aryl methyl sites for hydroxylation is 1. The van der Waals surface area contributed by atoms with Gasteiger partial charge in [-0.3, -0.25) is 4.79 Å². The highest BCUT2D eigenvalue weighted by Crippen LogP contribution is 2.38. The minimum absolute atomic E-state index is 0.206. The average Bonchev–Trinajstić information content (AvgIpc) is 2.82. The van der Waals surface area contributed by atoms with Crippen molar-refractivity contribution in [1.29, 1.82) is 0 Å². The van der Waals surface area contributed by atoms with Gasteiger partial charge < -0.3 is 10.2 Å². The van der Waals surface area contributed by atoms with Gasteiger partial charge in [-0.2, -0.15) is 0 Å². The third-order valence-corrected chi connectivity index (χ3v) is 6.16. The summed E-state index contributed by atoms with van der Waals surface area (Å²) < 4.78 is 0. The Balaban J connectivity index is 1.34. The van der Waals surface area contributed by atoms with Crippen LogP contribution in [0.2, 0.25) is 0 Å². The molecule has 0 radical (unpaired) electrons. The van der Waals surface area contributed by atoms with Crippen molar-refractivity contribution in [2.24, 2.45) is 5.41 Å². The third kappa shape index (κ3) is 3.68. The highest BCUT2D eigenvalue weighted by molar-refractivity contribution is 5.83. The number of nitrogens with zero attached hydrogens (tertiary/aromatic N) is 1. The standard InChI is InChI=1S/C23H28N2O/c26-22-23(17-20-10-4-5-11-21(20)18-24-22)12-15-25(16-13-23)14-6-9-19-7-2-1-3-8-19/h1-5,7-8,10-11H,6,9,12-18H2,(H,24,26). The minimum atomic E-state index is -0.206. The molecule has 3 nitrogen and oxygen atoms in total. The number of benzene rings is 2. The molecule has 1 saturated heterocycles. The number of rotatable bonds is 4. The summed E-state index contributed by atoms with van der Waals surface area (Å²) in [6.45, 7) is 3.87. The highest BCUT2D eigenvalue weighted by atomic mass is 16.2. The van der Waals surface area contributed by atoms with Crippen LogP contribution in [-0.2, 0) is 24.2 Å². The molecule has 4 rings (SSSR count). The Morgan fingerprint density at radius 2 is 1.62 bits per heavy atom. The molecule has 1 N–H and O–H groups in total. The van der Waals surface area contributed by atoms with Crippen molar-refractivity contribution in [3.05, 3.63) is 71.3 Å². The van der Waals surface area contributed by atoms with Gasteiger partial charge in [0, 0.05) is 6.54 Å². The van der Waals surface area contributed by atoms with E-state index in [0.717, 1.165) is 45.3 Å². The first kappa shape index (κ1) is 17.3. The van der Waals surface area contributed by atoms with Gasteiger partial charge in [0.2, 0.25) is 5.91 Å². The Morgan fingerprint density at radius 1 is 0.923 bits per heavy atom. The maximum Gasteiger partial charge on any atom is 0.226 e. The average molecular weight is 348 g/mol. The van der Waals surface area contributed by atoms with Crippen molar-refractivity contribution < 1.29 is 4.79 Å². The van der Waals surface area contributed by atoms with Gasteiger partial charge >= 0.3 is 0 Å². The van der Waals surface area contributed by atoms with Crippen LogP contribution in [0.15, 0.2) is 54.6 Å². The number of nitrogens with one attached hydrogen (secondary N) is 1. The van der Waals surface area contributed by atoms with Crippen LogP contribution in [0.1, 0.15) is 36.0 Å². The highest BCUT2D eigenvalue weighted by Gasteiger charge is 2.42. The second-order valence-electron chi connectivity index (χ2n) is 7.84. The van der Waals surface area contributed by atoms with Crippen molar-refractivity contribution in [2.45, 2.75) is 38.6 Å². The van der Waals surface area contributed by atoms with Crippen molar-refractivity contribution in [2.75, 3.05) is 19.6 Å². The molecule has 2 aliphatic rings. The molecule has 26 heavy (non-hydrogen) atoms. The van der Waals surface area contributed by atoms with E-state index in [2.05, 4.69) is 64.8 Å². The molecule has 0 aromatic heterocycles. The summed E-state index contributed by atoms with van der Waals surface area (Å²) in [7, 11) is 0. The van der Waals surface area contributed by atoms with Crippen LogP contribution in [0, 0.1) is 5.41 Å². The summed E-state index contributed by atoms with van der Waals surface area (Å²) in [4.78, 5) is 15.4. The third-order valence-electron chi connectivity index (χ3n) is 6.16. The maximum atomic E-state index is 12.8. The molecule has 2 aromatic carbocycles. The van der Waals surface area contributed by atoms with E-state index in [9.17, 15) is 4.79 Å². The van der Waals surface area contributed by atoms with E-state index in [1.165, 1.54) is 23.1 Å². The first-order valence-electron chi connectivity index (χ1n) is 9.87. The van der Waals surface area contributed by atoms with Crippen LogP contribution in [0.4, 0.5) is 0 Å². The zero-order valence-electron chi connectivity index (χ0n) is 15.4. The number of likely N-dealkylation sites (tertiary alicyclic amines) is 1. The van der Waals surface area contributed by atoms with E-state index in [-0.39, 0.29) is 11.3 Å². The second-order valence-corrected chi connectivity index (χ2v) is 7.84. The van der Waals surface area contributed by atoms with Gasteiger partial charge in [0.05, 0.1) is 5.41 Å². The molecule has 2 aromatic rings. The SMILES string of the molecule is O=C1NCc2ccccc2CC12CCN(CCCc1ccccc1)CC2. The molecule has 0 saturated carbocycles. The van der Waals surface area contributed by atoms with Crippen LogP contribution in [-0.4, -0.2) is 30.4 Å². The quantitative estimate of drug-likeness (QED) is 0.916. The number of fused-ring (bicyclic) bond motifs is 1. The molecule has 136 valence electrons. The summed E-state index contributed by atoms with van der Waals surface area (Å²) in [5.74, 6) is 0.262. The maximum absolute atomic E-state index is 12.8. The molecular weight excluding hydrogens is 320 g/mol. The summed E-state index contributed by atoms with van der Waals surface area (Å²) >= 11 is 0. The molecule has 2 aliphatic heterocycles. The lowest BCUT2D eigenvalue weighted by molar-refractivity contribution is -0.133. The molecule has 1 spiro atoms. The first-order valence-corrected chi connectivity index (χ1v) is 9.87. The second kappa shape index (κ2) is 7.63. The normalized spacial score (nSPS) is 19.6. The predicted molar refractivity (Wildman–Crippen MR) is 105 cm³/mol. The first-order chi connectivity index (χ1) is 12.8. The predicted octanol–water partition coefficient (Wildman–Crippen LogP) is 3.57. The van der Waals surface area contributed by atoms with Crippen LogP contribution in [0.3, 0.4) is 0 Å². The number of amides is 1. The Labute approximate surface area is 156 Å². The molecule has 3 heteroatoms. The van der Waals surface area contributed by atoms with Gasteiger partial charge in [-0.1, -0.05) is 54.6 Å². The van der Waals surface area contributed by atoms with Crippen LogP contribution >= 0.6 is 0 Å². The Bertz CT molecular complexity index is 748. The molecule has 0 aliphatic carbocycles. The lowest BCUT2D eigenvalue weighted by Gasteiger charge is -2.40. The molecule has 0 bridgehead atoms. The van der Waals surface area contributed by atoms with Crippen LogP contribution < -0.4 is 5.32 Å². The van der Waals surface area contributed by atoms with Gasteiger partial charge in [-0.25, -0.2) is 0 Å². The Kier molecular flexibility index (Phi) is 5.07. The molecular formula is C23H28N2O. The monoisotopic (exact) mass is 348 g/mol. The van der Waals surface area contributed by atoms with Gasteiger partial charge in [0.25, 0.3) is 0 Å². The zero-order chi connectivity index (χ0) is 17.8. The molecule has 1 fully saturated rings.